The van der Waals surface area contributed by atoms with Gasteiger partial charge >= 0.3 is 0 Å². The molecule has 0 saturated heterocycles. The predicted octanol–water partition coefficient (Wildman–Crippen LogP) is 3.71. The second-order valence-corrected chi connectivity index (χ2v) is 5.44. The summed E-state index contributed by atoms with van der Waals surface area (Å²) in [5.41, 5.74) is 1.66. The first kappa shape index (κ1) is 12.5. The molecule has 0 aliphatic rings. The number of para-hydroxylation sites is 1. The van der Waals surface area contributed by atoms with Gasteiger partial charge in [-0.05, 0) is 19.1 Å². The predicted molar refractivity (Wildman–Crippen MR) is 77.1 cm³/mol. The Balaban J connectivity index is 2.37. The highest BCUT2D eigenvalue weighted by Gasteiger charge is 2.18. The quantitative estimate of drug-likeness (QED) is 0.676. The van der Waals surface area contributed by atoms with Crippen molar-refractivity contribution < 1.29 is 0 Å². The number of hydrogen-bond acceptors (Lipinski definition) is 2. The molecule has 0 fully saturated rings. The van der Waals surface area contributed by atoms with Crippen molar-refractivity contribution in [3.63, 3.8) is 0 Å². The largest absolute Gasteiger partial charge is 0.278 e. The van der Waals surface area contributed by atoms with E-state index in [4.69, 9.17) is 23.2 Å². The average Bonchev–Trinajstić information content (AvgIpc) is 2.93. The molecule has 0 saturated carbocycles. The van der Waals surface area contributed by atoms with E-state index in [9.17, 15) is 0 Å². The number of imidazole rings is 1. The molecule has 3 rings (SSSR count). The number of hydrogen-bond donors (Lipinski definition) is 0. The molecule has 0 aliphatic carbocycles. The van der Waals surface area contributed by atoms with Gasteiger partial charge in [0, 0.05) is 19.3 Å². The van der Waals surface area contributed by atoms with Crippen LogP contribution in [0.25, 0.3) is 16.9 Å². The summed E-state index contributed by atoms with van der Waals surface area (Å²) in [5.74, 6) is 1.53. The van der Waals surface area contributed by atoms with Gasteiger partial charge in [-0.3, -0.25) is 9.25 Å². The molecule has 2 heterocycles. The van der Waals surface area contributed by atoms with Crippen LogP contribution in [0.2, 0.25) is 5.02 Å². The summed E-state index contributed by atoms with van der Waals surface area (Å²) in [5, 5.41) is 4.80. The second-order valence-electron chi connectivity index (χ2n) is 4.38. The van der Waals surface area contributed by atoms with E-state index in [2.05, 4.69) is 10.1 Å². The summed E-state index contributed by atoms with van der Waals surface area (Å²) in [6.07, 6.45) is 1.88. The van der Waals surface area contributed by atoms with Crippen LogP contribution in [-0.2, 0) is 7.05 Å². The highest BCUT2D eigenvalue weighted by atomic mass is 35.5. The number of alkyl halides is 1. The highest BCUT2D eigenvalue weighted by Crippen LogP contribution is 2.30. The summed E-state index contributed by atoms with van der Waals surface area (Å²) >= 11 is 12.4. The number of halogens is 2. The molecule has 2 aromatic heterocycles. The first-order valence-electron chi connectivity index (χ1n) is 5.89. The van der Waals surface area contributed by atoms with E-state index in [1.54, 1.807) is 4.68 Å². The van der Waals surface area contributed by atoms with Gasteiger partial charge in [-0.25, -0.2) is 4.98 Å². The Labute approximate surface area is 120 Å². The maximum atomic E-state index is 6.23. The monoisotopic (exact) mass is 294 g/mol. The Morgan fingerprint density at radius 1 is 1.26 bits per heavy atom. The van der Waals surface area contributed by atoms with E-state index in [0.717, 1.165) is 22.7 Å². The number of fused-ring (bicyclic) bond motifs is 1. The molecule has 0 amide bonds. The number of benzene rings is 1. The minimum Gasteiger partial charge on any atom is -0.278 e. The molecule has 0 N–H and O–H groups in total. The fourth-order valence-corrected chi connectivity index (χ4v) is 2.47. The van der Waals surface area contributed by atoms with Crippen molar-refractivity contribution in [2.24, 2.45) is 7.05 Å². The van der Waals surface area contributed by atoms with Crippen LogP contribution in [0.5, 0.6) is 0 Å². The molecule has 1 unspecified atom stereocenters. The molecule has 0 bridgehead atoms. The van der Waals surface area contributed by atoms with Crippen LogP contribution < -0.4 is 0 Å². The van der Waals surface area contributed by atoms with Crippen LogP contribution in [0.15, 0.2) is 30.5 Å². The Morgan fingerprint density at radius 2 is 2.05 bits per heavy atom. The third-order valence-corrected chi connectivity index (χ3v) is 3.45. The molecule has 4 nitrogen and oxygen atoms in total. The molecule has 6 heteroatoms. The van der Waals surface area contributed by atoms with Crippen LogP contribution in [0.3, 0.4) is 0 Å². The van der Waals surface area contributed by atoms with Crippen molar-refractivity contribution in [2.75, 3.05) is 0 Å². The lowest BCUT2D eigenvalue weighted by Gasteiger charge is -2.07. The summed E-state index contributed by atoms with van der Waals surface area (Å²) in [6.45, 7) is 1.89. The van der Waals surface area contributed by atoms with Crippen molar-refractivity contribution in [1.82, 2.24) is 19.3 Å². The topological polar surface area (TPSA) is 35.6 Å². The summed E-state index contributed by atoms with van der Waals surface area (Å²) in [7, 11) is 1.87. The van der Waals surface area contributed by atoms with Crippen LogP contribution in [0, 0.1) is 0 Å². The van der Waals surface area contributed by atoms with Crippen molar-refractivity contribution in [3.05, 3.63) is 41.3 Å². The smallest absolute Gasteiger partial charge is 0.160 e. The van der Waals surface area contributed by atoms with E-state index in [1.807, 2.05) is 49.0 Å². The number of nitrogens with zero attached hydrogens (tertiary/aromatic N) is 4. The van der Waals surface area contributed by atoms with Crippen LogP contribution in [0.1, 0.15) is 18.1 Å². The van der Waals surface area contributed by atoms with Crippen molar-refractivity contribution >= 4 is 34.2 Å². The lowest BCUT2D eigenvalue weighted by Crippen LogP contribution is -2.03. The summed E-state index contributed by atoms with van der Waals surface area (Å²) in [6, 6.07) is 7.60. The van der Waals surface area contributed by atoms with Gasteiger partial charge < -0.3 is 0 Å². The Morgan fingerprint density at radius 3 is 2.68 bits per heavy atom. The lowest BCUT2D eigenvalue weighted by atomic mass is 10.3. The molecular weight excluding hydrogens is 283 g/mol. The molecule has 98 valence electrons. The zero-order valence-corrected chi connectivity index (χ0v) is 12.0. The van der Waals surface area contributed by atoms with Gasteiger partial charge in [-0.15, -0.1) is 11.6 Å². The van der Waals surface area contributed by atoms with Crippen LogP contribution in [0.4, 0.5) is 0 Å². The summed E-state index contributed by atoms with van der Waals surface area (Å²) < 4.78 is 3.69. The van der Waals surface area contributed by atoms with Gasteiger partial charge in [-0.2, -0.15) is 5.10 Å². The molecule has 0 radical (unpaired) electrons. The Hall–Kier alpha value is -1.52. The minimum atomic E-state index is -0.231. The van der Waals surface area contributed by atoms with Crippen molar-refractivity contribution in [1.29, 1.82) is 0 Å². The van der Waals surface area contributed by atoms with Gasteiger partial charge in [-0.1, -0.05) is 17.7 Å². The van der Waals surface area contributed by atoms with E-state index in [-0.39, 0.29) is 5.38 Å². The minimum absolute atomic E-state index is 0.231. The first-order valence-corrected chi connectivity index (χ1v) is 6.70. The SMILES string of the molecule is CC(Cl)c1nc2c(Cl)cccc2n1-c1ccn(C)n1. The molecular formula is C13H12Cl2N4. The first-order chi connectivity index (χ1) is 9.08. The molecule has 0 aliphatic heterocycles. The number of aryl methyl sites for hydroxylation is 1. The highest BCUT2D eigenvalue weighted by molar-refractivity contribution is 6.35. The maximum Gasteiger partial charge on any atom is 0.160 e. The molecule has 0 spiro atoms. The maximum absolute atomic E-state index is 6.23. The lowest BCUT2D eigenvalue weighted by molar-refractivity contribution is 0.744. The van der Waals surface area contributed by atoms with Gasteiger partial charge in [0.25, 0.3) is 0 Å². The summed E-state index contributed by atoms with van der Waals surface area (Å²) in [4.78, 5) is 4.55. The van der Waals surface area contributed by atoms with E-state index < -0.39 is 0 Å². The Kier molecular flexibility index (Phi) is 2.99. The second kappa shape index (κ2) is 4.54. The fraction of sp³-hybridized carbons (Fsp3) is 0.231. The average molecular weight is 295 g/mol. The zero-order valence-electron chi connectivity index (χ0n) is 10.5. The Bertz CT molecular complexity index is 742. The normalized spacial score (nSPS) is 13.1. The van der Waals surface area contributed by atoms with E-state index in [0.29, 0.717) is 5.02 Å². The van der Waals surface area contributed by atoms with E-state index in [1.165, 1.54) is 0 Å². The third kappa shape index (κ3) is 2.01. The van der Waals surface area contributed by atoms with Crippen LogP contribution in [-0.4, -0.2) is 19.3 Å². The standard InChI is InChI=1S/C13H12Cl2N4/c1-8(14)13-16-12-9(15)4-3-5-10(12)19(13)11-6-7-18(2)17-11/h3-8H,1-2H3. The van der Waals surface area contributed by atoms with Gasteiger partial charge in [0.2, 0.25) is 0 Å². The molecule has 19 heavy (non-hydrogen) atoms. The number of aromatic nitrogens is 4. The van der Waals surface area contributed by atoms with Gasteiger partial charge in [0.05, 0.1) is 15.9 Å². The molecule has 3 aromatic rings. The fourth-order valence-electron chi connectivity index (χ4n) is 2.11. The van der Waals surface area contributed by atoms with Crippen LogP contribution >= 0.6 is 23.2 Å². The third-order valence-electron chi connectivity index (χ3n) is 2.95. The zero-order chi connectivity index (χ0) is 13.6. The van der Waals surface area contributed by atoms with Gasteiger partial charge in [0.15, 0.2) is 5.82 Å². The van der Waals surface area contributed by atoms with Crippen molar-refractivity contribution in [2.45, 2.75) is 12.3 Å². The van der Waals surface area contributed by atoms with E-state index >= 15 is 0 Å². The molecule has 1 atom stereocenters. The van der Waals surface area contributed by atoms with Gasteiger partial charge in [0.1, 0.15) is 11.3 Å². The number of rotatable bonds is 2. The molecule has 1 aromatic carbocycles. The van der Waals surface area contributed by atoms with Crippen molar-refractivity contribution in [3.8, 4) is 5.82 Å².